The topological polar surface area (TPSA) is 220 Å². The van der Waals surface area contributed by atoms with E-state index in [4.69, 9.17) is 39.0 Å². The molecule has 1 aliphatic carbocycles. The highest BCUT2D eigenvalue weighted by Gasteiger charge is 2.42. The molecular weight excluding hydrogens is 990 g/mol. The van der Waals surface area contributed by atoms with Gasteiger partial charge in [0.15, 0.2) is 12.4 Å². The summed E-state index contributed by atoms with van der Waals surface area (Å²) in [5.74, 6) is -5.05. The smallest absolute Gasteiger partial charge is 0.490 e. The van der Waals surface area contributed by atoms with Crippen LogP contribution in [0.3, 0.4) is 0 Å². The van der Waals surface area contributed by atoms with Gasteiger partial charge in [-0.1, -0.05) is 37.1 Å². The van der Waals surface area contributed by atoms with Crippen LogP contribution in [0.2, 0.25) is 0 Å². The average molecular weight is 1050 g/mol. The molecule has 0 unspecified atom stereocenters. The van der Waals surface area contributed by atoms with Crippen molar-refractivity contribution in [3.63, 3.8) is 0 Å². The number of aliphatic carboxylic acids is 2. The number of carbonyl (C=O) groups excluding carboxylic acids is 3. The van der Waals surface area contributed by atoms with E-state index >= 15 is 4.39 Å². The number of phenols is 1. The zero-order chi connectivity index (χ0) is 52.6. The number of likely N-dealkylation sites (tertiary alicyclic amines) is 1. The molecule has 4 aliphatic rings. The van der Waals surface area contributed by atoms with Gasteiger partial charge in [0, 0.05) is 62.7 Å². The number of carboxylic acids is 2. The van der Waals surface area contributed by atoms with Gasteiger partial charge in [0.25, 0.3) is 11.8 Å². The van der Waals surface area contributed by atoms with Gasteiger partial charge in [-0.05, 0) is 69.2 Å². The van der Waals surface area contributed by atoms with E-state index in [0.29, 0.717) is 106 Å². The number of amides is 3. The second-order valence-corrected chi connectivity index (χ2v) is 18.3. The SMILES string of the molecule is CCN(CCNCCc1ccc(O)c2c1OCC(=O)N2)C(=O)CCOCCc1cccc(CN2CCC3(CC2)CN(C(=O)c2csc(C4CCCC4)n2)CCO3)c1F.O=C(O)C(F)(F)F.O=C(O)C(F)(F)F. The van der Waals surface area contributed by atoms with Gasteiger partial charge in [-0.15, -0.1) is 11.3 Å². The van der Waals surface area contributed by atoms with E-state index in [-0.39, 0.29) is 54.5 Å². The van der Waals surface area contributed by atoms with E-state index in [2.05, 4.69) is 15.5 Å². The lowest BCUT2D eigenvalue weighted by Crippen LogP contribution is -2.58. The molecule has 72 heavy (non-hydrogen) atoms. The summed E-state index contributed by atoms with van der Waals surface area (Å²) in [6, 6.07) is 8.87. The summed E-state index contributed by atoms with van der Waals surface area (Å²) in [7, 11) is 0. The van der Waals surface area contributed by atoms with Crippen molar-refractivity contribution in [1.29, 1.82) is 0 Å². The molecule has 2 saturated heterocycles. The number of ether oxygens (including phenoxy) is 3. The summed E-state index contributed by atoms with van der Waals surface area (Å²) in [4.78, 5) is 66.5. The number of nitrogens with zero attached hydrogens (tertiary/aromatic N) is 4. The van der Waals surface area contributed by atoms with Crippen molar-refractivity contribution in [3.05, 3.63) is 68.9 Å². The molecule has 3 fully saturated rings. The second-order valence-electron chi connectivity index (χ2n) is 17.5. The van der Waals surface area contributed by atoms with Gasteiger partial charge in [-0.2, -0.15) is 26.3 Å². The van der Waals surface area contributed by atoms with E-state index in [0.717, 1.165) is 36.5 Å². The van der Waals surface area contributed by atoms with Gasteiger partial charge in [0.1, 0.15) is 22.9 Å². The number of thiazole rings is 1. The minimum Gasteiger partial charge on any atom is -0.506 e. The van der Waals surface area contributed by atoms with E-state index in [1.165, 1.54) is 25.7 Å². The maximum Gasteiger partial charge on any atom is 0.490 e. The molecule has 2 aromatic carbocycles. The summed E-state index contributed by atoms with van der Waals surface area (Å²) in [5, 5.41) is 33.4. The fourth-order valence-corrected chi connectivity index (χ4v) is 9.54. The molecule has 1 aromatic heterocycles. The molecule has 0 atom stereocenters. The second kappa shape index (κ2) is 26.4. The number of carboxylic acid groups (broad SMARTS) is 2. The Kier molecular flexibility index (Phi) is 21.0. The molecule has 7 rings (SSSR count). The molecule has 0 bridgehead atoms. The van der Waals surface area contributed by atoms with Gasteiger partial charge >= 0.3 is 24.3 Å². The first-order chi connectivity index (χ1) is 34.1. The summed E-state index contributed by atoms with van der Waals surface area (Å²) < 4.78 is 96.9. The average Bonchev–Trinajstić information content (AvgIpc) is 4.06. The first-order valence-electron chi connectivity index (χ1n) is 23.4. The minimum absolute atomic E-state index is 0.00105. The third kappa shape index (κ3) is 16.7. The van der Waals surface area contributed by atoms with Gasteiger partial charge in [0.2, 0.25) is 5.91 Å². The Hall–Kier alpha value is -5.63. The van der Waals surface area contributed by atoms with E-state index in [1.54, 1.807) is 34.4 Å². The molecule has 3 aromatic rings. The normalized spacial score (nSPS) is 16.9. The Morgan fingerprint density at radius 3 is 2.26 bits per heavy atom. The third-order valence-electron chi connectivity index (χ3n) is 12.5. The number of phenolic OH excluding ortho intramolecular Hbond substituents is 1. The number of piperidine rings is 1. The first-order valence-corrected chi connectivity index (χ1v) is 24.3. The number of carbonyl (C=O) groups is 5. The fourth-order valence-electron chi connectivity index (χ4n) is 8.57. The number of benzene rings is 2. The fraction of sp³-hybridized carbons (Fsp3) is 0.574. The van der Waals surface area contributed by atoms with E-state index in [1.807, 2.05) is 29.3 Å². The van der Waals surface area contributed by atoms with Crippen LogP contribution in [-0.4, -0.2) is 161 Å². The highest BCUT2D eigenvalue weighted by Crippen LogP contribution is 2.40. The number of hydrogen-bond donors (Lipinski definition) is 5. The lowest BCUT2D eigenvalue weighted by atomic mass is 9.89. The molecule has 17 nitrogen and oxygen atoms in total. The van der Waals surface area contributed by atoms with Crippen molar-refractivity contribution in [2.24, 2.45) is 0 Å². The number of morpholine rings is 1. The van der Waals surface area contributed by atoms with Crippen LogP contribution < -0.4 is 15.4 Å². The maximum atomic E-state index is 15.7. The number of fused-ring (bicyclic) bond motifs is 1. The Bertz CT molecular complexity index is 2300. The molecule has 3 amide bonds. The molecule has 398 valence electrons. The first kappa shape index (κ1) is 57.3. The standard InChI is InChI=1S/C43H57FN6O7S.2C2HF3O2/c1-2-49(21-18-45-17-12-31-10-11-35(51)39-40(31)56-27-36(52)47-39)37(53)14-24-55-23-13-30-8-5-9-33(38(30)44)26-48-19-15-43(16-20-48)29-50(22-25-57-43)42(54)34-28-58-41(46-34)32-6-3-4-7-32;2*3-2(4,5)1(6)7/h5,8-11,28,32,45,51H,2-4,6-7,12-27,29H2,1H3,(H,47,52);2*(H,6,7). The van der Waals surface area contributed by atoms with Gasteiger partial charge < -0.3 is 50.0 Å². The highest BCUT2D eigenvalue weighted by molar-refractivity contribution is 7.09. The number of aromatic nitrogens is 1. The lowest BCUT2D eigenvalue weighted by Gasteiger charge is -2.47. The van der Waals surface area contributed by atoms with E-state index in [9.17, 15) is 45.8 Å². The summed E-state index contributed by atoms with van der Waals surface area (Å²) >= 11 is 1.62. The number of alkyl halides is 6. The van der Waals surface area contributed by atoms with Crippen LogP contribution in [0, 0.1) is 5.82 Å². The number of rotatable bonds is 17. The highest BCUT2D eigenvalue weighted by atomic mass is 32.1. The zero-order valence-corrected chi connectivity index (χ0v) is 40.4. The van der Waals surface area contributed by atoms with Crippen LogP contribution in [0.1, 0.15) is 90.0 Å². The van der Waals surface area contributed by atoms with E-state index < -0.39 is 24.3 Å². The van der Waals surface area contributed by atoms with Crippen LogP contribution in [0.15, 0.2) is 35.7 Å². The largest absolute Gasteiger partial charge is 0.506 e. The number of aromatic hydroxyl groups is 1. The summed E-state index contributed by atoms with van der Waals surface area (Å²) in [6.07, 6.45) is -2.50. The van der Waals surface area contributed by atoms with Crippen molar-refractivity contribution in [2.75, 3.05) is 84.1 Å². The molecule has 25 heteroatoms. The molecule has 1 spiro atoms. The van der Waals surface area contributed by atoms with Crippen molar-refractivity contribution in [1.82, 2.24) is 25.0 Å². The Balaban J connectivity index is 0.000000602. The predicted molar refractivity (Wildman–Crippen MR) is 246 cm³/mol. The number of nitrogens with one attached hydrogen (secondary N) is 2. The number of halogens is 7. The third-order valence-corrected chi connectivity index (χ3v) is 13.5. The maximum absolute atomic E-state index is 15.7. The van der Waals surface area contributed by atoms with Crippen LogP contribution in [0.4, 0.5) is 36.4 Å². The number of hydrogen-bond acceptors (Lipinski definition) is 13. The molecular formula is C47H59F7N6O11S. The molecule has 5 N–H and O–H groups in total. The minimum atomic E-state index is -5.08. The van der Waals surface area contributed by atoms with Gasteiger partial charge in [-0.25, -0.2) is 19.0 Å². The van der Waals surface area contributed by atoms with Crippen molar-refractivity contribution in [3.8, 4) is 11.5 Å². The summed E-state index contributed by atoms with van der Waals surface area (Å²) in [6.45, 7) is 8.47. The lowest BCUT2D eigenvalue weighted by molar-refractivity contribution is -0.193. The number of likely N-dealkylation sites (N-methyl/N-ethyl adjacent to an activating group) is 1. The van der Waals surface area contributed by atoms with Crippen molar-refractivity contribution in [2.45, 2.75) is 95.1 Å². The van der Waals surface area contributed by atoms with Crippen LogP contribution >= 0.6 is 11.3 Å². The van der Waals surface area contributed by atoms with Crippen LogP contribution in [0.25, 0.3) is 0 Å². The van der Waals surface area contributed by atoms with Crippen molar-refractivity contribution < 1.29 is 84.2 Å². The van der Waals surface area contributed by atoms with Gasteiger partial charge in [0.05, 0.1) is 43.4 Å². The van der Waals surface area contributed by atoms with Crippen LogP contribution in [0.5, 0.6) is 11.5 Å². The zero-order valence-electron chi connectivity index (χ0n) is 39.5. The van der Waals surface area contributed by atoms with Crippen LogP contribution in [-0.2, 0) is 48.0 Å². The molecule has 0 radical (unpaired) electrons. The Labute approximate surface area is 414 Å². The van der Waals surface area contributed by atoms with Gasteiger partial charge in [-0.3, -0.25) is 19.3 Å². The van der Waals surface area contributed by atoms with Crippen molar-refractivity contribution >= 4 is 46.7 Å². The quantitative estimate of drug-likeness (QED) is 0.0563. The molecule has 1 saturated carbocycles. The number of anilines is 1. The monoisotopic (exact) mass is 1050 g/mol. The Morgan fingerprint density at radius 2 is 1.61 bits per heavy atom. The Morgan fingerprint density at radius 1 is 0.944 bits per heavy atom. The summed E-state index contributed by atoms with van der Waals surface area (Å²) in [5.41, 5.74) is 2.62. The molecule has 3 aliphatic heterocycles. The predicted octanol–water partition coefficient (Wildman–Crippen LogP) is 6.38. The molecule has 4 heterocycles.